The number of hydrogen-bond donors (Lipinski definition) is 2. The monoisotopic (exact) mass is 381 g/mol. The van der Waals surface area contributed by atoms with Crippen molar-refractivity contribution in [2.24, 2.45) is 0 Å². The average molecular weight is 382 g/mol. The summed E-state index contributed by atoms with van der Waals surface area (Å²) in [7, 11) is 0. The van der Waals surface area contributed by atoms with Gasteiger partial charge < -0.3 is 14.7 Å². The van der Waals surface area contributed by atoms with E-state index < -0.39 is 5.91 Å². The van der Waals surface area contributed by atoms with Crippen molar-refractivity contribution in [1.82, 2.24) is 9.55 Å². The van der Waals surface area contributed by atoms with Crippen LogP contribution in [0, 0.1) is 13.8 Å². The number of aromatic amines is 1. The zero-order valence-corrected chi connectivity index (χ0v) is 15.4. The molecule has 6 nitrogen and oxygen atoms in total. The molecule has 0 radical (unpaired) electrons. The Balaban J connectivity index is 1.75. The predicted molar refractivity (Wildman–Crippen MR) is 105 cm³/mol. The van der Waals surface area contributed by atoms with E-state index in [1.807, 2.05) is 13.8 Å². The molecular formula is C20H16ClN3O3. The van der Waals surface area contributed by atoms with E-state index in [2.05, 4.69) is 10.3 Å². The lowest BCUT2D eigenvalue weighted by atomic mass is 10.1. The number of aromatic nitrogens is 2. The number of nitrogens with zero attached hydrogens (tertiary/aromatic N) is 1. The van der Waals surface area contributed by atoms with Crippen LogP contribution < -0.4 is 11.0 Å². The number of carbonyl (C=O) groups is 1. The number of fused-ring (bicyclic) bond motifs is 1. The molecule has 0 fully saturated rings. The lowest BCUT2D eigenvalue weighted by molar-refractivity contribution is 0.0998. The molecule has 4 rings (SSSR count). The third-order valence-electron chi connectivity index (χ3n) is 4.46. The van der Waals surface area contributed by atoms with Crippen molar-refractivity contribution < 1.29 is 9.21 Å². The van der Waals surface area contributed by atoms with Crippen LogP contribution in [0.3, 0.4) is 0 Å². The molecule has 2 heterocycles. The molecule has 0 atom stereocenters. The average Bonchev–Trinajstić information content (AvgIpc) is 3.15. The summed E-state index contributed by atoms with van der Waals surface area (Å²) < 4.78 is 7.22. The van der Waals surface area contributed by atoms with Crippen molar-refractivity contribution in [3.8, 4) is 5.69 Å². The maximum atomic E-state index is 12.8. The maximum absolute atomic E-state index is 12.8. The summed E-state index contributed by atoms with van der Waals surface area (Å²) in [6, 6.07) is 12.3. The van der Waals surface area contributed by atoms with E-state index in [9.17, 15) is 9.59 Å². The van der Waals surface area contributed by atoms with E-state index in [-0.39, 0.29) is 11.4 Å². The first kappa shape index (κ1) is 17.2. The van der Waals surface area contributed by atoms with Gasteiger partial charge in [-0.2, -0.15) is 0 Å². The SMILES string of the molecule is Cc1c(C(=O)Nc2ccccc2-n2c(C)c[nH]c2=O)oc2ccc(Cl)cc12. The zero-order chi connectivity index (χ0) is 19.1. The van der Waals surface area contributed by atoms with Gasteiger partial charge in [0.05, 0.1) is 11.4 Å². The molecule has 27 heavy (non-hydrogen) atoms. The van der Waals surface area contributed by atoms with Crippen LogP contribution in [-0.4, -0.2) is 15.5 Å². The second-order valence-corrected chi connectivity index (χ2v) is 6.67. The number of para-hydroxylation sites is 2. The Morgan fingerprint density at radius 2 is 1.96 bits per heavy atom. The molecule has 0 spiro atoms. The molecule has 2 aromatic heterocycles. The number of halogens is 1. The largest absolute Gasteiger partial charge is 0.451 e. The van der Waals surface area contributed by atoms with Crippen LogP contribution in [0.25, 0.3) is 16.7 Å². The van der Waals surface area contributed by atoms with Gasteiger partial charge in [0.25, 0.3) is 5.91 Å². The van der Waals surface area contributed by atoms with Gasteiger partial charge in [-0.3, -0.25) is 9.36 Å². The summed E-state index contributed by atoms with van der Waals surface area (Å²) in [6.45, 7) is 3.62. The molecular weight excluding hydrogens is 366 g/mol. The van der Waals surface area contributed by atoms with Crippen LogP contribution >= 0.6 is 11.6 Å². The molecule has 0 aliphatic heterocycles. The molecule has 0 saturated carbocycles. The first-order chi connectivity index (χ1) is 13.0. The minimum absolute atomic E-state index is 0.209. The standard InChI is InChI=1S/C20H16ClN3O3/c1-11-10-22-20(26)24(11)16-6-4-3-5-15(16)23-19(25)18-12(2)14-9-13(21)7-8-17(14)27-18/h3-10H,1-2H3,(H,22,26)(H,23,25). The van der Waals surface area contributed by atoms with Crippen LogP contribution in [0.5, 0.6) is 0 Å². The Labute approximate surface area is 159 Å². The number of anilines is 1. The molecule has 4 aromatic rings. The zero-order valence-electron chi connectivity index (χ0n) is 14.7. The molecule has 136 valence electrons. The fourth-order valence-electron chi connectivity index (χ4n) is 3.12. The lowest BCUT2D eigenvalue weighted by Crippen LogP contribution is -2.19. The molecule has 7 heteroatoms. The number of hydrogen-bond acceptors (Lipinski definition) is 3. The second-order valence-electron chi connectivity index (χ2n) is 6.24. The molecule has 0 saturated heterocycles. The predicted octanol–water partition coefficient (Wildman–Crippen LogP) is 4.43. The van der Waals surface area contributed by atoms with Gasteiger partial charge in [-0.1, -0.05) is 23.7 Å². The smallest absolute Gasteiger partial charge is 0.330 e. The number of carbonyl (C=O) groups excluding carboxylic acids is 1. The van der Waals surface area contributed by atoms with Crippen molar-refractivity contribution in [1.29, 1.82) is 0 Å². The molecule has 1 amide bonds. The topological polar surface area (TPSA) is 80.0 Å². The first-order valence-corrected chi connectivity index (χ1v) is 8.70. The highest BCUT2D eigenvalue weighted by Gasteiger charge is 2.20. The van der Waals surface area contributed by atoms with Crippen molar-refractivity contribution >= 4 is 34.2 Å². The minimum atomic E-state index is -0.395. The summed E-state index contributed by atoms with van der Waals surface area (Å²) in [4.78, 5) is 27.6. The van der Waals surface area contributed by atoms with Gasteiger partial charge in [0.1, 0.15) is 5.58 Å². The van der Waals surface area contributed by atoms with E-state index in [1.54, 1.807) is 48.7 Å². The van der Waals surface area contributed by atoms with Crippen molar-refractivity contribution in [2.45, 2.75) is 13.8 Å². The number of nitrogens with one attached hydrogen (secondary N) is 2. The molecule has 2 N–H and O–H groups in total. The summed E-state index contributed by atoms with van der Waals surface area (Å²) >= 11 is 6.04. The Morgan fingerprint density at radius 3 is 2.70 bits per heavy atom. The van der Waals surface area contributed by atoms with E-state index in [0.717, 1.165) is 11.1 Å². The number of imidazole rings is 1. The Hall–Kier alpha value is -3.25. The van der Waals surface area contributed by atoms with Crippen LogP contribution in [0.4, 0.5) is 5.69 Å². The van der Waals surface area contributed by atoms with Gasteiger partial charge in [-0.15, -0.1) is 0 Å². The summed E-state index contributed by atoms with van der Waals surface area (Å²) in [5.74, 6) is -0.186. The quantitative estimate of drug-likeness (QED) is 0.550. The summed E-state index contributed by atoms with van der Waals surface area (Å²) in [5.41, 5.74) is 2.84. The maximum Gasteiger partial charge on any atom is 0.330 e. The van der Waals surface area contributed by atoms with Gasteiger partial charge in [0.2, 0.25) is 0 Å². The van der Waals surface area contributed by atoms with Crippen molar-refractivity contribution in [2.75, 3.05) is 5.32 Å². The van der Waals surface area contributed by atoms with Crippen LogP contribution in [0.2, 0.25) is 5.02 Å². The van der Waals surface area contributed by atoms with Gasteiger partial charge in [-0.25, -0.2) is 4.79 Å². The van der Waals surface area contributed by atoms with Gasteiger partial charge in [0, 0.05) is 27.9 Å². The molecule has 0 bridgehead atoms. The second kappa shape index (κ2) is 6.48. The van der Waals surface area contributed by atoms with E-state index in [4.69, 9.17) is 16.0 Å². The van der Waals surface area contributed by atoms with Crippen molar-refractivity contribution in [3.63, 3.8) is 0 Å². The fourth-order valence-corrected chi connectivity index (χ4v) is 3.29. The number of rotatable bonds is 3. The minimum Gasteiger partial charge on any atom is -0.451 e. The van der Waals surface area contributed by atoms with E-state index >= 15 is 0 Å². The normalized spacial score (nSPS) is 11.1. The van der Waals surface area contributed by atoms with Crippen LogP contribution in [0.1, 0.15) is 21.8 Å². The van der Waals surface area contributed by atoms with Crippen LogP contribution in [-0.2, 0) is 0 Å². The Bertz CT molecular complexity index is 1230. The van der Waals surface area contributed by atoms with Crippen LogP contribution in [0.15, 0.2) is 57.9 Å². The van der Waals surface area contributed by atoms with Gasteiger partial charge >= 0.3 is 5.69 Å². The highest BCUT2D eigenvalue weighted by molar-refractivity contribution is 6.31. The van der Waals surface area contributed by atoms with Gasteiger partial charge in [0.15, 0.2) is 5.76 Å². The highest BCUT2D eigenvalue weighted by atomic mass is 35.5. The lowest BCUT2D eigenvalue weighted by Gasteiger charge is -2.12. The number of aryl methyl sites for hydroxylation is 2. The molecule has 0 aliphatic carbocycles. The number of amides is 1. The highest BCUT2D eigenvalue weighted by Crippen LogP contribution is 2.29. The summed E-state index contributed by atoms with van der Waals surface area (Å²) in [5, 5.41) is 4.21. The number of benzene rings is 2. The van der Waals surface area contributed by atoms with Crippen molar-refractivity contribution in [3.05, 3.63) is 81.2 Å². The Morgan fingerprint density at radius 1 is 1.19 bits per heavy atom. The first-order valence-electron chi connectivity index (χ1n) is 8.32. The third-order valence-corrected chi connectivity index (χ3v) is 4.69. The molecule has 0 unspecified atom stereocenters. The molecule has 2 aromatic carbocycles. The molecule has 0 aliphatic rings. The summed E-state index contributed by atoms with van der Waals surface area (Å²) in [6.07, 6.45) is 1.62. The number of furan rings is 1. The number of H-pyrrole nitrogens is 1. The van der Waals surface area contributed by atoms with E-state index in [0.29, 0.717) is 27.5 Å². The van der Waals surface area contributed by atoms with E-state index in [1.165, 1.54) is 4.57 Å². The fraction of sp³-hybridized carbons (Fsp3) is 0.100. The Kier molecular flexibility index (Phi) is 4.12. The third kappa shape index (κ3) is 2.94. The van der Waals surface area contributed by atoms with Gasteiger partial charge in [-0.05, 0) is 44.2 Å².